The lowest BCUT2D eigenvalue weighted by atomic mass is 9.86. The van der Waals surface area contributed by atoms with Crippen LogP contribution in [0.15, 0.2) is 40.8 Å². The third-order valence-electron chi connectivity index (χ3n) is 7.64. The molecule has 1 aromatic heterocycles. The number of aromatic amines is 1. The molecule has 2 aliphatic heterocycles. The van der Waals surface area contributed by atoms with Crippen LogP contribution in [0.3, 0.4) is 0 Å². The van der Waals surface area contributed by atoms with E-state index >= 15 is 0 Å². The second kappa shape index (κ2) is 9.22. The van der Waals surface area contributed by atoms with Crippen LogP contribution in [-0.4, -0.2) is 54.4 Å². The highest BCUT2D eigenvalue weighted by Gasteiger charge is 2.48. The number of rotatable bonds is 7. The number of nitrogens with zero attached hydrogens (tertiary/aromatic N) is 2. The van der Waals surface area contributed by atoms with Gasteiger partial charge >= 0.3 is 0 Å². The van der Waals surface area contributed by atoms with Crippen LogP contribution in [-0.2, 0) is 6.54 Å². The molecule has 2 N–H and O–H groups in total. The van der Waals surface area contributed by atoms with Gasteiger partial charge in [-0.15, -0.1) is 0 Å². The van der Waals surface area contributed by atoms with Crippen LogP contribution in [0.1, 0.15) is 43.5 Å². The predicted octanol–water partition coefficient (Wildman–Crippen LogP) is 3.67. The monoisotopic (exact) mass is 438 g/mol. The maximum absolute atomic E-state index is 13.1. The number of aryl methyl sites for hydroxylation is 1. The molecule has 2 atom stereocenters. The Labute approximate surface area is 190 Å². The summed E-state index contributed by atoms with van der Waals surface area (Å²) in [4.78, 5) is 18.4. The molecule has 2 aromatic rings. The van der Waals surface area contributed by atoms with E-state index in [9.17, 15) is 9.90 Å². The van der Waals surface area contributed by atoms with Gasteiger partial charge < -0.3 is 19.7 Å². The smallest absolute Gasteiger partial charge is 0.260 e. The van der Waals surface area contributed by atoms with Crippen molar-refractivity contribution < 1.29 is 9.84 Å². The number of allylic oxidation sites excluding steroid dienone is 1. The largest absolute Gasteiger partial charge is 0.496 e. The summed E-state index contributed by atoms with van der Waals surface area (Å²) in [6.45, 7) is 9.98. The number of para-hydroxylation sites is 1. The van der Waals surface area contributed by atoms with E-state index in [1.165, 1.54) is 16.9 Å². The number of hydrogen-bond donors (Lipinski definition) is 2. The molecule has 0 aliphatic carbocycles. The van der Waals surface area contributed by atoms with Crippen LogP contribution >= 0.6 is 0 Å². The number of benzene rings is 1. The molecule has 0 spiro atoms. The first-order chi connectivity index (χ1) is 15.4. The fourth-order valence-electron chi connectivity index (χ4n) is 5.83. The average Bonchev–Trinajstić information content (AvgIpc) is 3.07. The Morgan fingerprint density at radius 1 is 1.25 bits per heavy atom. The van der Waals surface area contributed by atoms with Crippen LogP contribution in [0.25, 0.3) is 6.08 Å². The Kier molecular flexibility index (Phi) is 6.56. The summed E-state index contributed by atoms with van der Waals surface area (Å²) in [5.74, 6) is 1.18. The van der Waals surface area contributed by atoms with Gasteiger partial charge in [0.1, 0.15) is 29.2 Å². The van der Waals surface area contributed by atoms with E-state index in [4.69, 9.17) is 4.74 Å². The molecule has 172 valence electrons. The zero-order valence-corrected chi connectivity index (χ0v) is 19.7. The molecule has 1 saturated heterocycles. The van der Waals surface area contributed by atoms with Gasteiger partial charge in [0, 0.05) is 42.8 Å². The predicted molar refractivity (Wildman–Crippen MR) is 130 cm³/mol. The van der Waals surface area contributed by atoms with Crippen LogP contribution in [0.4, 0.5) is 5.69 Å². The maximum Gasteiger partial charge on any atom is 0.260 e. The lowest BCUT2D eigenvalue weighted by Crippen LogP contribution is -2.57. The van der Waals surface area contributed by atoms with Crippen molar-refractivity contribution in [1.82, 2.24) is 14.4 Å². The van der Waals surface area contributed by atoms with Crippen LogP contribution in [0, 0.1) is 12.8 Å². The summed E-state index contributed by atoms with van der Waals surface area (Å²) in [5.41, 5.74) is 5.20. The van der Waals surface area contributed by atoms with Gasteiger partial charge in [0.25, 0.3) is 5.56 Å². The Morgan fingerprint density at radius 3 is 2.66 bits per heavy atom. The molecule has 1 fully saturated rings. The summed E-state index contributed by atoms with van der Waals surface area (Å²) in [7, 11) is 1.64. The zero-order valence-electron chi connectivity index (χ0n) is 19.7. The highest BCUT2D eigenvalue weighted by molar-refractivity contribution is 5.76. The summed E-state index contributed by atoms with van der Waals surface area (Å²) in [6.07, 6.45) is 4.47. The number of likely N-dealkylation sites (tertiary alicyclic amines) is 1. The fourth-order valence-corrected chi connectivity index (χ4v) is 5.83. The number of pyridine rings is 1. The normalized spacial score (nSPS) is 22.5. The third kappa shape index (κ3) is 3.91. The zero-order chi connectivity index (χ0) is 22.9. The number of piperidine rings is 1. The molecule has 0 saturated carbocycles. The van der Waals surface area contributed by atoms with Gasteiger partial charge in [-0.05, 0) is 51.9 Å². The van der Waals surface area contributed by atoms with Crippen LogP contribution in [0.5, 0.6) is 5.75 Å². The third-order valence-corrected chi connectivity index (χ3v) is 7.64. The second-order valence-corrected chi connectivity index (χ2v) is 9.34. The van der Waals surface area contributed by atoms with E-state index in [2.05, 4.69) is 54.1 Å². The molecule has 1 unspecified atom stereocenters. The number of hydrogen-bond acceptors (Lipinski definition) is 4. The molecule has 0 radical (unpaired) electrons. The van der Waals surface area contributed by atoms with Crippen molar-refractivity contribution in [3.8, 4) is 5.75 Å². The van der Waals surface area contributed by atoms with Gasteiger partial charge in [0.2, 0.25) is 0 Å². The summed E-state index contributed by atoms with van der Waals surface area (Å²) in [5, 5.41) is 9.31. The number of nitrogens with one attached hydrogen (secondary N) is 1. The highest BCUT2D eigenvalue weighted by atomic mass is 16.5. The topological polar surface area (TPSA) is 65.6 Å². The van der Waals surface area contributed by atoms with Crippen molar-refractivity contribution in [3.63, 3.8) is 0 Å². The first kappa shape index (κ1) is 22.8. The first-order valence-corrected chi connectivity index (χ1v) is 11.7. The van der Waals surface area contributed by atoms with Gasteiger partial charge in [0.05, 0.1) is 19.8 Å². The second-order valence-electron chi connectivity index (χ2n) is 9.34. The number of ether oxygens (including phenoxy) is 1. The Balaban J connectivity index is 1.77. The number of methoxy groups -OCH3 is 1. The average molecular weight is 439 g/mol. The van der Waals surface area contributed by atoms with Crippen LogP contribution < -0.4 is 14.8 Å². The first-order valence-electron chi connectivity index (χ1n) is 11.7. The number of aromatic nitrogens is 1. The van der Waals surface area contributed by atoms with E-state index in [0.29, 0.717) is 34.3 Å². The van der Waals surface area contributed by atoms with Gasteiger partial charge in [-0.3, -0.25) is 9.28 Å². The van der Waals surface area contributed by atoms with E-state index in [1.807, 2.05) is 13.0 Å². The number of β-amino-alcohol motifs (C(OH)–C–C–N with tert-alkyl or cyclic N) is 1. The highest BCUT2D eigenvalue weighted by Crippen LogP contribution is 2.47. The number of aliphatic hydroxyl groups excluding tert-OH is 1. The lowest BCUT2D eigenvalue weighted by molar-refractivity contribution is 0.103. The molecule has 2 aliphatic rings. The van der Waals surface area contributed by atoms with E-state index < -0.39 is 0 Å². The minimum absolute atomic E-state index is 0.0681. The number of H-pyrrole nitrogens is 1. The molecular weight excluding hydrogens is 402 g/mol. The summed E-state index contributed by atoms with van der Waals surface area (Å²) >= 11 is 0. The lowest BCUT2D eigenvalue weighted by Gasteiger charge is -2.46. The van der Waals surface area contributed by atoms with Crippen molar-refractivity contribution in [3.05, 3.63) is 63.2 Å². The van der Waals surface area contributed by atoms with Gasteiger partial charge in [-0.1, -0.05) is 12.1 Å². The van der Waals surface area contributed by atoms with Gasteiger partial charge in [-0.2, -0.15) is 0 Å². The van der Waals surface area contributed by atoms with E-state index in [-0.39, 0.29) is 12.2 Å². The Bertz CT molecular complexity index is 1050. The molecule has 3 heterocycles. The number of quaternary nitrogens is 1. The molecule has 4 rings (SSSR count). The molecule has 0 bridgehead atoms. The van der Waals surface area contributed by atoms with E-state index in [0.717, 1.165) is 38.2 Å². The molecular formula is C26H36N3O3+. The van der Waals surface area contributed by atoms with Gasteiger partial charge in [-0.25, -0.2) is 0 Å². The standard InChI is InChI=1S/C26H35N3O3/c1-18-15-25(32-4)23(26(31)27-18)17-29(19(2)16-22-7-5-6-8-24(22)29)20(3)21-9-11-28(12-10-21)13-14-30/h5-8,15-16,20-21,30H,9-14,17H2,1-4H3/p+1/t20?,29-/m1/s1. The molecule has 1 aromatic carbocycles. The van der Waals surface area contributed by atoms with Crippen molar-refractivity contribution in [2.45, 2.75) is 46.2 Å². The minimum Gasteiger partial charge on any atom is -0.496 e. The molecule has 32 heavy (non-hydrogen) atoms. The quantitative estimate of drug-likeness (QED) is 0.648. The number of fused-ring (bicyclic) bond motifs is 1. The van der Waals surface area contributed by atoms with Crippen molar-refractivity contribution in [2.75, 3.05) is 33.4 Å². The summed E-state index contributed by atoms with van der Waals surface area (Å²) in [6, 6.07) is 10.8. The fraction of sp³-hybridized carbons (Fsp3) is 0.500. The van der Waals surface area contributed by atoms with Crippen molar-refractivity contribution in [2.24, 2.45) is 5.92 Å². The molecule has 6 heteroatoms. The number of aliphatic hydroxyl groups is 1. The van der Waals surface area contributed by atoms with Crippen molar-refractivity contribution >= 4 is 11.8 Å². The van der Waals surface area contributed by atoms with Gasteiger partial charge in [0.15, 0.2) is 0 Å². The molecule has 6 nitrogen and oxygen atoms in total. The SMILES string of the molecule is COc1cc(C)[nH]c(=O)c1C[N@+]1(C(C)C2CCN(CCO)CC2)C(C)=Cc2ccccc21. The van der Waals surface area contributed by atoms with Crippen molar-refractivity contribution in [1.29, 1.82) is 0 Å². The Morgan fingerprint density at radius 2 is 1.97 bits per heavy atom. The van der Waals surface area contributed by atoms with Crippen LogP contribution in [0.2, 0.25) is 0 Å². The molecule has 0 amide bonds. The summed E-state index contributed by atoms with van der Waals surface area (Å²) < 4.78 is 6.33. The maximum atomic E-state index is 13.1. The minimum atomic E-state index is -0.0681. The Hall–Kier alpha value is -2.41. The van der Waals surface area contributed by atoms with E-state index in [1.54, 1.807) is 7.11 Å².